The first-order valence-electron chi connectivity index (χ1n) is 12.9. The maximum atomic E-state index is 11.7. The van der Waals surface area contributed by atoms with Gasteiger partial charge in [0.15, 0.2) is 0 Å². The van der Waals surface area contributed by atoms with E-state index in [4.69, 9.17) is 10.5 Å². The first-order chi connectivity index (χ1) is 15.2. The molecule has 0 unspecified atom stereocenters. The molecule has 0 aliphatic heterocycles. The lowest BCUT2D eigenvalue weighted by Crippen LogP contribution is -2.54. The second-order valence-electron chi connectivity index (χ2n) is 11.8. The van der Waals surface area contributed by atoms with Gasteiger partial charge in [-0.1, -0.05) is 20.8 Å². The van der Waals surface area contributed by atoms with Crippen LogP contribution in [-0.2, 0) is 9.53 Å². The number of fused-ring (bicyclic) bond motifs is 5. The average molecular weight is 446 g/mol. The van der Waals surface area contributed by atoms with Gasteiger partial charge < -0.3 is 10.5 Å². The molecule has 0 saturated heterocycles. The second kappa shape index (κ2) is 8.98. The van der Waals surface area contributed by atoms with Crippen LogP contribution in [0.1, 0.15) is 91.4 Å². The number of carbonyl (C=O) groups excluding carboxylic acids is 2. The van der Waals surface area contributed by atoms with E-state index < -0.39 is 6.03 Å². The highest BCUT2D eigenvalue weighted by Gasteiger charge is 2.60. The zero-order valence-electron chi connectivity index (χ0n) is 20.5. The molecule has 0 radical (unpaired) electrons. The number of ether oxygens (including phenoxy) is 1. The highest BCUT2D eigenvalue weighted by Crippen LogP contribution is 2.68. The summed E-state index contributed by atoms with van der Waals surface area (Å²) in [6, 6.07) is -0.572. The van der Waals surface area contributed by atoms with E-state index in [1.54, 1.807) is 0 Å². The number of esters is 1. The molecule has 0 bridgehead atoms. The number of methoxy groups -OCH3 is 1. The van der Waals surface area contributed by atoms with Crippen LogP contribution in [0, 0.1) is 46.3 Å². The number of nitrogens with two attached hydrogens (primary N) is 1. The van der Waals surface area contributed by atoms with Crippen molar-refractivity contribution < 1.29 is 14.3 Å². The van der Waals surface area contributed by atoms with Crippen molar-refractivity contribution in [1.82, 2.24) is 5.43 Å². The number of primary amides is 1. The molecule has 4 saturated carbocycles. The van der Waals surface area contributed by atoms with Crippen molar-refractivity contribution in [3.63, 3.8) is 0 Å². The zero-order chi connectivity index (χ0) is 23.1. The molecule has 0 spiro atoms. The van der Waals surface area contributed by atoms with E-state index in [0.29, 0.717) is 29.1 Å². The Morgan fingerprint density at radius 3 is 2.59 bits per heavy atom. The molecule has 6 heteroatoms. The molecule has 6 nitrogen and oxygen atoms in total. The number of nitrogens with one attached hydrogen (secondary N) is 1. The molecule has 2 amide bonds. The van der Waals surface area contributed by atoms with E-state index >= 15 is 0 Å². The van der Waals surface area contributed by atoms with Gasteiger partial charge in [-0.25, -0.2) is 10.2 Å². The van der Waals surface area contributed by atoms with Crippen molar-refractivity contribution in [2.45, 2.75) is 91.4 Å². The molecule has 8 atom stereocenters. The number of urea groups is 1. The molecule has 0 heterocycles. The number of hydrazone groups is 1. The third kappa shape index (κ3) is 4.07. The number of rotatable bonds is 5. The van der Waals surface area contributed by atoms with Crippen LogP contribution in [0.15, 0.2) is 5.10 Å². The van der Waals surface area contributed by atoms with Gasteiger partial charge in [0.05, 0.1) is 7.11 Å². The Balaban J connectivity index is 1.45. The quantitative estimate of drug-likeness (QED) is 0.446. The van der Waals surface area contributed by atoms with Gasteiger partial charge in [0.1, 0.15) is 0 Å². The van der Waals surface area contributed by atoms with Crippen molar-refractivity contribution in [2.24, 2.45) is 57.2 Å². The molecule has 4 rings (SSSR count). The van der Waals surface area contributed by atoms with Crippen molar-refractivity contribution in [3.05, 3.63) is 0 Å². The SMILES string of the molecule is COC(=O)CC[C@H](C)[C@H]1CC[C@@H]2[C@@H]3CC[C@@H]4C/C(=N\NC(N)=O)CC[C@]4(C)[C@@H]3CC[C@@]21C. The van der Waals surface area contributed by atoms with Gasteiger partial charge >= 0.3 is 12.0 Å². The molecule has 32 heavy (non-hydrogen) atoms. The summed E-state index contributed by atoms with van der Waals surface area (Å²) in [6.07, 6.45) is 12.7. The van der Waals surface area contributed by atoms with Gasteiger partial charge in [-0.05, 0) is 111 Å². The number of amides is 2. The predicted molar refractivity (Wildman–Crippen MR) is 126 cm³/mol. The Kier molecular flexibility index (Phi) is 6.61. The summed E-state index contributed by atoms with van der Waals surface area (Å²) in [7, 11) is 1.49. The lowest BCUT2D eigenvalue weighted by atomic mass is 9.44. The lowest BCUT2D eigenvalue weighted by molar-refractivity contribution is -0.141. The number of hydrogen-bond donors (Lipinski definition) is 2. The molecule has 0 aromatic heterocycles. The smallest absolute Gasteiger partial charge is 0.332 e. The van der Waals surface area contributed by atoms with Crippen LogP contribution in [0.2, 0.25) is 0 Å². The Hall–Kier alpha value is -1.59. The monoisotopic (exact) mass is 445 g/mol. The van der Waals surface area contributed by atoms with Crippen molar-refractivity contribution in [1.29, 1.82) is 0 Å². The average Bonchev–Trinajstić information content (AvgIpc) is 3.12. The molecular weight excluding hydrogens is 402 g/mol. The van der Waals surface area contributed by atoms with Crippen LogP contribution in [-0.4, -0.2) is 24.8 Å². The van der Waals surface area contributed by atoms with Crippen LogP contribution in [0.25, 0.3) is 0 Å². The number of nitrogens with zero attached hydrogens (tertiary/aromatic N) is 1. The first kappa shape index (κ1) is 23.6. The predicted octanol–water partition coefficient (Wildman–Crippen LogP) is 5.26. The van der Waals surface area contributed by atoms with E-state index in [1.807, 2.05) is 0 Å². The molecule has 4 aliphatic rings. The highest BCUT2D eigenvalue weighted by atomic mass is 16.5. The Morgan fingerprint density at radius 2 is 1.88 bits per heavy atom. The minimum absolute atomic E-state index is 0.0715. The van der Waals surface area contributed by atoms with E-state index in [-0.39, 0.29) is 5.97 Å². The Bertz CT molecular complexity index is 767. The minimum atomic E-state index is -0.572. The van der Waals surface area contributed by atoms with E-state index in [1.165, 1.54) is 52.1 Å². The largest absolute Gasteiger partial charge is 0.469 e. The first-order valence-corrected chi connectivity index (χ1v) is 12.9. The summed E-state index contributed by atoms with van der Waals surface area (Å²) in [5, 5.41) is 4.30. The van der Waals surface area contributed by atoms with Crippen molar-refractivity contribution >= 4 is 17.7 Å². The number of hydrogen-bond acceptors (Lipinski definition) is 4. The standard InChI is InChI=1S/C26H43N3O3/c1-16(5-10-23(30)32-4)20-8-9-21-19-7-6-17-15-18(28-29-24(27)31)11-13-25(17,2)22(19)12-14-26(20,21)3/h16-17,19-22H,5-15H2,1-4H3,(H3,27,29,31)/b28-18-/t16-,17+,19-,20+,21+,22+,25-,26+/m0/s1. The highest BCUT2D eigenvalue weighted by molar-refractivity contribution is 5.87. The topological polar surface area (TPSA) is 93.8 Å². The molecule has 0 aromatic rings. The van der Waals surface area contributed by atoms with Gasteiger partial charge in [-0.15, -0.1) is 0 Å². The van der Waals surface area contributed by atoms with E-state index in [2.05, 4.69) is 31.3 Å². The van der Waals surface area contributed by atoms with Gasteiger partial charge in [-0.3, -0.25) is 4.79 Å². The maximum Gasteiger partial charge on any atom is 0.332 e. The third-order valence-electron chi connectivity index (χ3n) is 10.6. The summed E-state index contributed by atoms with van der Waals surface area (Å²) < 4.78 is 4.89. The van der Waals surface area contributed by atoms with Crippen molar-refractivity contribution in [3.8, 4) is 0 Å². The Morgan fingerprint density at radius 1 is 1.12 bits per heavy atom. The maximum absolute atomic E-state index is 11.7. The Labute approximate surface area is 193 Å². The van der Waals surface area contributed by atoms with Gasteiger partial charge in [-0.2, -0.15) is 5.10 Å². The van der Waals surface area contributed by atoms with Crippen LogP contribution in [0.4, 0.5) is 4.79 Å². The van der Waals surface area contributed by atoms with Crippen LogP contribution in [0.5, 0.6) is 0 Å². The van der Waals surface area contributed by atoms with Crippen LogP contribution < -0.4 is 11.2 Å². The summed E-state index contributed by atoms with van der Waals surface area (Å²) in [4.78, 5) is 22.7. The van der Waals surface area contributed by atoms with Crippen molar-refractivity contribution in [2.75, 3.05) is 7.11 Å². The van der Waals surface area contributed by atoms with Gasteiger partial charge in [0.25, 0.3) is 0 Å². The summed E-state index contributed by atoms with van der Waals surface area (Å²) in [5.74, 6) is 4.40. The van der Waals surface area contributed by atoms with Gasteiger partial charge in [0, 0.05) is 12.1 Å². The van der Waals surface area contributed by atoms with E-state index in [0.717, 1.165) is 48.6 Å². The second-order valence-corrected chi connectivity index (χ2v) is 11.8. The molecule has 4 aliphatic carbocycles. The fraction of sp³-hybridized carbons (Fsp3) is 0.885. The molecular formula is C26H43N3O3. The molecule has 4 fully saturated rings. The number of carbonyl (C=O) groups is 2. The van der Waals surface area contributed by atoms with Crippen LogP contribution >= 0.6 is 0 Å². The summed E-state index contributed by atoms with van der Waals surface area (Å²) in [5.41, 5.74) is 9.59. The minimum Gasteiger partial charge on any atom is -0.469 e. The van der Waals surface area contributed by atoms with Gasteiger partial charge in [0.2, 0.25) is 0 Å². The normalized spacial score (nSPS) is 43.0. The molecule has 180 valence electrons. The lowest BCUT2D eigenvalue weighted by Gasteiger charge is -2.60. The fourth-order valence-electron chi connectivity index (χ4n) is 8.92. The fourth-order valence-corrected chi connectivity index (χ4v) is 8.92. The van der Waals surface area contributed by atoms with Crippen LogP contribution in [0.3, 0.4) is 0 Å². The third-order valence-corrected chi connectivity index (χ3v) is 10.6. The van der Waals surface area contributed by atoms with E-state index in [9.17, 15) is 9.59 Å². The molecule has 3 N–H and O–H groups in total. The summed E-state index contributed by atoms with van der Waals surface area (Å²) in [6.45, 7) is 7.50. The summed E-state index contributed by atoms with van der Waals surface area (Å²) >= 11 is 0. The molecule has 0 aromatic carbocycles. The zero-order valence-corrected chi connectivity index (χ0v) is 20.5.